The first-order chi connectivity index (χ1) is 7.16. The normalized spacial score (nSPS) is 10.2. The maximum atomic E-state index is 11.0. The fraction of sp³-hybridized carbons (Fsp3) is 0.833. The number of nitrogens with two attached hydrogens (primary N) is 1. The van der Waals surface area contributed by atoms with Gasteiger partial charge in [0, 0.05) is 19.3 Å². The van der Waals surface area contributed by atoms with Gasteiger partial charge in [-0.3, -0.25) is 9.59 Å². The number of Topliss-reactive ketones (excluding diaryl/α,β-unsaturated/α-hetero) is 1. The van der Waals surface area contributed by atoms with Crippen LogP contribution in [0.15, 0.2) is 0 Å². The molecule has 0 aromatic carbocycles. The highest BCUT2D eigenvalue weighted by molar-refractivity contribution is 5.77. The summed E-state index contributed by atoms with van der Waals surface area (Å²) in [6, 6.07) is 0. The van der Waals surface area contributed by atoms with Gasteiger partial charge in [0.05, 0.1) is 0 Å². The molecule has 0 radical (unpaired) electrons. The molecule has 0 atom stereocenters. The van der Waals surface area contributed by atoms with Crippen LogP contribution >= 0.6 is 0 Å². The van der Waals surface area contributed by atoms with Crippen LogP contribution in [0.3, 0.4) is 0 Å². The monoisotopic (exact) mass is 213 g/mol. The van der Waals surface area contributed by atoms with Gasteiger partial charge in [0.15, 0.2) is 0 Å². The molecule has 1 amide bonds. The molecule has 0 rings (SSSR count). The molecule has 0 bridgehead atoms. The molecule has 3 heteroatoms. The molecular weight excluding hydrogens is 190 g/mol. The minimum Gasteiger partial charge on any atom is -0.370 e. The van der Waals surface area contributed by atoms with Gasteiger partial charge in [-0.1, -0.05) is 32.6 Å². The Morgan fingerprint density at radius 1 is 0.867 bits per heavy atom. The van der Waals surface area contributed by atoms with Crippen molar-refractivity contribution in [2.75, 3.05) is 0 Å². The number of amides is 1. The molecule has 0 aliphatic heterocycles. The van der Waals surface area contributed by atoms with Gasteiger partial charge in [-0.25, -0.2) is 0 Å². The summed E-state index contributed by atoms with van der Waals surface area (Å²) in [6.07, 6.45) is 8.34. The zero-order valence-corrected chi connectivity index (χ0v) is 9.76. The van der Waals surface area contributed by atoms with Crippen LogP contribution in [0.2, 0.25) is 0 Å². The van der Waals surface area contributed by atoms with E-state index < -0.39 is 0 Å². The third-order valence-electron chi connectivity index (χ3n) is 2.52. The fourth-order valence-electron chi connectivity index (χ4n) is 1.51. The molecule has 2 N–H and O–H groups in total. The van der Waals surface area contributed by atoms with E-state index in [0.717, 1.165) is 44.9 Å². The molecule has 15 heavy (non-hydrogen) atoms. The summed E-state index contributed by atoms with van der Waals surface area (Å²) in [7, 11) is 0. The Bertz CT molecular complexity index is 190. The lowest BCUT2D eigenvalue weighted by Gasteiger charge is -2.00. The third kappa shape index (κ3) is 11.1. The molecule has 0 aromatic heterocycles. The smallest absolute Gasteiger partial charge is 0.217 e. The molecule has 0 aliphatic rings. The van der Waals surface area contributed by atoms with E-state index in [0.29, 0.717) is 18.6 Å². The Morgan fingerprint density at radius 2 is 1.33 bits per heavy atom. The van der Waals surface area contributed by atoms with Gasteiger partial charge in [-0.05, 0) is 12.8 Å². The average Bonchev–Trinajstić information content (AvgIpc) is 2.21. The molecular formula is C12H23NO2. The molecule has 0 unspecified atom stereocenters. The molecule has 0 saturated heterocycles. The van der Waals surface area contributed by atoms with Crippen LogP contribution in [0.25, 0.3) is 0 Å². The SMILES string of the molecule is CCC(=O)CCCCCCCCC(N)=O. The first kappa shape index (κ1) is 14.1. The number of rotatable bonds is 10. The largest absolute Gasteiger partial charge is 0.370 e. The summed E-state index contributed by atoms with van der Waals surface area (Å²) in [5.74, 6) is 0.160. The zero-order chi connectivity index (χ0) is 11.5. The van der Waals surface area contributed by atoms with E-state index in [9.17, 15) is 9.59 Å². The number of carbonyl (C=O) groups excluding carboxylic acids is 2. The Hall–Kier alpha value is -0.860. The molecule has 88 valence electrons. The van der Waals surface area contributed by atoms with E-state index in [2.05, 4.69) is 0 Å². The highest BCUT2D eigenvalue weighted by Crippen LogP contribution is 2.09. The number of unbranched alkanes of at least 4 members (excludes halogenated alkanes) is 5. The first-order valence-electron chi connectivity index (χ1n) is 5.96. The number of primary amides is 1. The van der Waals surface area contributed by atoms with E-state index >= 15 is 0 Å². The van der Waals surface area contributed by atoms with Crippen molar-refractivity contribution in [3.63, 3.8) is 0 Å². The van der Waals surface area contributed by atoms with Crippen molar-refractivity contribution >= 4 is 11.7 Å². The quantitative estimate of drug-likeness (QED) is 0.567. The van der Waals surface area contributed by atoms with Crippen molar-refractivity contribution < 1.29 is 9.59 Å². The van der Waals surface area contributed by atoms with Crippen LogP contribution < -0.4 is 5.73 Å². The van der Waals surface area contributed by atoms with E-state index in [1.807, 2.05) is 6.92 Å². The molecule has 0 fully saturated rings. The van der Waals surface area contributed by atoms with E-state index in [1.54, 1.807) is 0 Å². The number of hydrogen-bond donors (Lipinski definition) is 1. The Balaban J connectivity index is 3.05. The molecule has 3 nitrogen and oxygen atoms in total. The molecule has 0 spiro atoms. The number of carbonyl (C=O) groups is 2. The highest BCUT2D eigenvalue weighted by atomic mass is 16.1. The average molecular weight is 213 g/mol. The molecule has 0 saturated carbocycles. The summed E-state index contributed by atoms with van der Waals surface area (Å²) in [5, 5.41) is 0. The summed E-state index contributed by atoms with van der Waals surface area (Å²) in [5.41, 5.74) is 5.03. The Labute approximate surface area is 92.4 Å². The number of ketones is 1. The lowest BCUT2D eigenvalue weighted by atomic mass is 10.1. The van der Waals surface area contributed by atoms with Crippen LogP contribution in [0.4, 0.5) is 0 Å². The summed E-state index contributed by atoms with van der Waals surface area (Å²) >= 11 is 0. The van der Waals surface area contributed by atoms with E-state index in [4.69, 9.17) is 5.73 Å². The van der Waals surface area contributed by atoms with Gasteiger partial charge in [0.1, 0.15) is 5.78 Å². The first-order valence-corrected chi connectivity index (χ1v) is 5.96. The predicted octanol–water partition coefficient (Wildman–Crippen LogP) is 2.57. The van der Waals surface area contributed by atoms with E-state index in [1.165, 1.54) is 0 Å². The molecule has 0 heterocycles. The van der Waals surface area contributed by atoms with Crippen molar-refractivity contribution in [3.8, 4) is 0 Å². The third-order valence-corrected chi connectivity index (χ3v) is 2.52. The van der Waals surface area contributed by atoms with Gasteiger partial charge >= 0.3 is 0 Å². The Kier molecular flexibility index (Phi) is 9.13. The maximum absolute atomic E-state index is 11.0. The fourth-order valence-corrected chi connectivity index (χ4v) is 1.51. The zero-order valence-electron chi connectivity index (χ0n) is 9.76. The van der Waals surface area contributed by atoms with E-state index in [-0.39, 0.29) is 5.91 Å². The maximum Gasteiger partial charge on any atom is 0.217 e. The minimum absolute atomic E-state index is 0.205. The second-order valence-electron chi connectivity index (χ2n) is 3.98. The van der Waals surface area contributed by atoms with Gasteiger partial charge in [-0.2, -0.15) is 0 Å². The van der Waals surface area contributed by atoms with Gasteiger partial charge in [0.2, 0.25) is 5.91 Å². The van der Waals surface area contributed by atoms with Crippen LogP contribution in [0.5, 0.6) is 0 Å². The van der Waals surface area contributed by atoms with Gasteiger partial charge < -0.3 is 5.73 Å². The minimum atomic E-state index is -0.205. The van der Waals surface area contributed by atoms with Gasteiger partial charge in [0.25, 0.3) is 0 Å². The predicted molar refractivity (Wildman–Crippen MR) is 61.4 cm³/mol. The second-order valence-corrected chi connectivity index (χ2v) is 3.98. The topological polar surface area (TPSA) is 60.2 Å². The van der Waals surface area contributed by atoms with Crippen molar-refractivity contribution in [3.05, 3.63) is 0 Å². The van der Waals surface area contributed by atoms with Crippen LogP contribution in [-0.2, 0) is 9.59 Å². The van der Waals surface area contributed by atoms with Gasteiger partial charge in [-0.15, -0.1) is 0 Å². The van der Waals surface area contributed by atoms with Crippen LogP contribution in [0.1, 0.15) is 64.7 Å². The summed E-state index contributed by atoms with van der Waals surface area (Å²) in [6.45, 7) is 1.91. The van der Waals surface area contributed by atoms with Crippen molar-refractivity contribution in [2.24, 2.45) is 5.73 Å². The Morgan fingerprint density at radius 3 is 1.80 bits per heavy atom. The lowest BCUT2D eigenvalue weighted by Crippen LogP contribution is -2.09. The highest BCUT2D eigenvalue weighted by Gasteiger charge is 1.98. The van der Waals surface area contributed by atoms with Crippen LogP contribution in [0, 0.1) is 0 Å². The molecule has 0 aliphatic carbocycles. The summed E-state index contributed by atoms with van der Waals surface area (Å²) in [4.78, 5) is 21.4. The second kappa shape index (κ2) is 9.69. The number of hydrogen-bond acceptors (Lipinski definition) is 2. The van der Waals surface area contributed by atoms with Crippen molar-refractivity contribution in [2.45, 2.75) is 64.7 Å². The van der Waals surface area contributed by atoms with Crippen molar-refractivity contribution in [1.29, 1.82) is 0 Å². The summed E-state index contributed by atoms with van der Waals surface area (Å²) < 4.78 is 0. The van der Waals surface area contributed by atoms with Crippen LogP contribution in [-0.4, -0.2) is 11.7 Å². The standard InChI is InChI=1S/C12H23NO2/c1-2-11(14)9-7-5-3-4-6-8-10-12(13)15/h2-10H2,1H3,(H2,13,15). The van der Waals surface area contributed by atoms with Crippen molar-refractivity contribution in [1.82, 2.24) is 0 Å². The molecule has 0 aromatic rings. The lowest BCUT2D eigenvalue weighted by molar-refractivity contribution is -0.119.